The Bertz CT molecular complexity index is 934. The Morgan fingerprint density at radius 2 is 1.76 bits per heavy atom. The second-order valence-corrected chi connectivity index (χ2v) is 10.4. The molecule has 0 N–H and O–H groups in total. The van der Waals surface area contributed by atoms with Crippen LogP contribution in [0.5, 0.6) is 0 Å². The molecule has 4 aliphatic rings. The number of esters is 1. The molecule has 4 saturated carbocycles. The zero-order valence-electron chi connectivity index (χ0n) is 16.9. The Balaban J connectivity index is 1.16. The molecule has 0 saturated heterocycles. The van der Waals surface area contributed by atoms with Crippen LogP contribution >= 0.6 is 11.8 Å². The lowest BCUT2D eigenvalue weighted by molar-refractivity contribution is -0.156. The molecule has 0 amide bonds. The molecule has 4 bridgehead atoms. The van der Waals surface area contributed by atoms with Gasteiger partial charge in [-0.2, -0.15) is 0 Å². The second kappa shape index (κ2) is 7.42. The minimum absolute atomic E-state index is 0.0598. The van der Waals surface area contributed by atoms with Crippen LogP contribution in [-0.4, -0.2) is 29.1 Å². The van der Waals surface area contributed by atoms with Crippen molar-refractivity contribution in [2.75, 3.05) is 12.4 Å². The van der Waals surface area contributed by atoms with Crippen molar-refractivity contribution >= 4 is 34.4 Å². The molecular weight excluding hydrogens is 382 g/mol. The number of carbonyl (C=O) groups excluding carboxylic acids is 2. The molecule has 1 heterocycles. The van der Waals surface area contributed by atoms with Crippen LogP contribution in [0.2, 0.25) is 0 Å². The number of hydrogen-bond acceptors (Lipinski definition) is 5. The van der Waals surface area contributed by atoms with E-state index in [-0.39, 0.29) is 29.5 Å². The third-order valence-corrected chi connectivity index (χ3v) is 8.12. The number of nitrogens with zero attached hydrogens (tertiary/aromatic N) is 1. The molecule has 152 valence electrons. The fourth-order valence-electron chi connectivity index (χ4n) is 6.32. The van der Waals surface area contributed by atoms with Gasteiger partial charge in [-0.05, 0) is 80.9 Å². The number of carbonyl (C=O) groups is 2. The van der Waals surface area contributed by atoms with Gasteiger partial charge in [-0.1, -0.05) is 30.0 Å². The molecular formula is C24H27NO3S. The first-order valence-corrected chi connectivity index (χ1v) is 11.7. The van der Waals surface area contributed by atoms with E-state index in [0.29, 0.717) is 0 Å². The summed E-state index contributed by atoms with van der Waals surface area (Å²) < 4.78 is 5.40. The van der Waals surface area contributed by atoms with Gasteiger partial charge in [-0.15, -0.1) is 0 Å². The van der Waals surface area contributed by atoms with E-state index in [0.717, 1.165) is 58.5 Å². The number of para-hydroxylation sites is 1. The standard InChI is InChI=1S/C24H27NO3S/c1-15-6-22(25-20-5-3-2-4-19(15)20)29-14-23(27)28-13-21(26)24-10-16-7-17(11-24)9-18(8-16)12-24/h2-6,16-18H,7-14H2,1H3. The molecule has 2 aromatic rings. The third-order valence-electron chi connectivity index (χ3n) is 7.23. The van der Waals surface area contributed by atoms with Crippen molar-refractivity contribution in [3.8, 4) is 0 Å². The molecule has 0 aliphatic heterocycles. The Hall–Kier alpha value is -1.88. The minimum atomic E-state index is -0.333. The molecule has 4 fully saturated rings. The fourth-order valence-corrected chi connectivity index (χ4v) is 7.09. The molecule has 0 spiro atoms. The lowest BCUT2D eigenvalue weighted by Crippen LogP contribution is -2.51. The number of fused-ring (bicyclic) bond motifs is 1. The van der Waals surface area contributed by atoms with Crippen LogP contribution in [0.3, 0.4) is 0 Å². The van der Waals surface area contributed by atoms with Gasteiger partial charge < -0.3 is 4.74 Å². The number of benzene rings is 1. The van der Waals surface area contributed by atoms with Gasteiger partial charge in [0.25, 0.3) is 0 Å². The number of aromatic nitrogens is 1. The van der Waals surface area contributed by atoms with Gasteiger partial charge in [-0.3, -0.25) is 9.59 Å². The summed E-state index contributed by atoms with van der Waals surface area (Å²) in [6.45, 7) is 1.99. The maximum Gasteiger partial charge on any atom is 0.316 e. The van der Waals surface area contributed by atoms with Crippen LogP contribution in [0, 0.1) is 30.1 Å². The first-order chi connectivity index (χ1) is 14.0. The maximum absolute atomic E-state index is 13.0. The summed E-state index contributed by atoms with van der Waals surface area (Å²) in [5.41, 5.74) is 1.88. The van der Waals surface area contributed by atoms with Gasteiger partial charge >= 0.3 is 5.97 Å². The van der Waals surface area contributed by atoms with Gasteiger partial charge in [0.1, 0.15) is 0 Å². The van der Waals surface area contributed by atoms with E-state index in [2.05, 4.69) is 18.0 Å². The molecule has 0 radical (unpaired) electrons. The quantitative estimate of drug-likeness (QED) is 0.498. The van der Waals surface area contributed by atoms with Crippen molar-refractivity contribution in [1.29, 1.82) is 0 Å². The van der Waals surface area contributed by atoms with E-state index in [9.17, 15) is 9.59 Å². The Kier molecular flexibility index (Phi) is 4.89. The number of pyridine rings is 1. The number of rotatable bonds is 6. The first-order valence-electron chi connectivity index (χ1n) is 10.7. The fraction of sp³-hybridized carbons (Fsp3) is 0.542. The largest absolute Gasteiger partial charge is 0.457 e. The summed E-state index contributed by atoms with van der Waals surface area (Å²) in [5.74, 6) is 2.17. The van der Waals surface area contributed by atoms with Gasteiger partial charge in [0, 0.05) is 10.8 Å². The summed E-state index contributed by atoms with van der Waals surface area (Å²) >= 11 is 1.37. The van der Waals surface area contributed by atoms with Crippen molar-refractivity contribution in [2.24, 2.45) is 23.2 Å². The van der Waals surface area contributed by atoms with Crippen molar-refractivity contribution in [1.82, 2.24) is 4.98 Å². The van der Waals surface area contributed by atoms with Crippen LogP contribution in [0.25, 0.3) is 10.9 Å². The predicted octanol–water partition coefficient (Wildman–Crippen LogP) is 4.96. The molecule has 29 heavy (non-hydrogen) atoms. The molecule has 0 unspecified atom stereocenters. The Morgan fingerprint density at radius 3 is 2.45 bits per heavy atom. The normalized spacial score (nSPS) is 29.9. The number of aryl methyl sites for hydroxylation is 1. The SMILES string of the molecule is Cc1cc(SCC(=O)OCC(=O)C23CC4CC(CC(C4)C2)C3)nc2ccccc12. The van der Waals surface area contributed by atoms with Crippen molar-refractivity contribution in [2.45, 2.75) is 50.5 Å². The molecule has 6 rings (SSSR count). The average Bonchev–Trinajstić information content (AvgIpc) is 2.69. The zero-order valence-corrected chi connectivity index (χ0v) is 17.7. The van der Waals surface area contributed by atoms with E-state index >= 15 is 0 Å². The Labute approximate surface area is 175 Å². The zero-order chi connectivity index (χ0) is 20.0. The number of hydrogen-bond donors (Lipinski definition) is 0. The topological polar surface area (TPSA) is 56.3 Å². The lowest BCUT2D eigenvalue weighted by atomic mass is 9.48. The smallest absolute Gasteiger partial charge is 0.316 e. The highest BCUT2D eigenvalue weighted by molar-refractivity contribution is 7.99. The highest BCUT2D eigenvalue weighted by Crippen LogP contribution is 2.60. The summed E-state index contributed by atoms with van der Waals surface area (Å²) in [5, 5.41) is 1.94. The molecule has 0 atom stereocenters. The molecule has 1 aromatic carbocycles. The van der Waals surface area contributed by atoms with Crippen LogP contribution in [0.4, 0.5) is 0 Å². The minimum Gasteiger partial charge on any atom is -0.457 e. The van der Waals surface area contributed by atoms with Crippen molar-refractivity contribution in [3.05, 3.63) is 35.9 Å². The van der Waals surface area contributed by atoms with Crippen LogP contribution < -0.4 is 0 Å². The average molecular weight is 410 g/mol. The Morgan fingerprint density at radius 1 is 1.10 bits per heavy atom. The number of ketones is 1. The van der Waals surface area contributed by atoms with Crippen LogP contribution in [0.15, 0.2) is 35.4 Å². The van der Waals surface area contributed by atoms with Crippen LogP contribution in [-0.2, 0) is 14.3 Å². The predicted molar refractivity (Wildman–Crippen MR) is 114 cm³/mol. The molecule has 5 heteroatoms. The van der Waals surface area contributed by atoms with E-state index in [1.54, 1.807) is 0 Å². The van der Waals surface area contributed by atoms with E-state index in [1.165, 1.54) is 31.0 Å². The summed E-state index contributed by atoms with van der Waals surface area (Å²) in [7, 11) is 0. The summed E-state index contributed by atoms with van der Waals surface area (Å²) in [6, 6.07) is 10.0. The third kappa shape index (κ3) is 3.70. The lowest BCUT2D eigenvalue weighted by Gasteiger charge is -2.55. The number of ether oxygens (including phenoxy) is 1. The van der Waals surface area contributed by atoms with Gasteiger partial charge in [-0.25, -0.2) is 4.98 Å². The first kappa shape index (κ1) is 19.1. The number of Topliss-reactive ketones (excluding diaryl/α,β-unsaturated/α-hetero) is 1. The number of thioether (sulfide) groups is 1. The van der Waals surface area contributed by atoms with Gasteiger partial charge in [0.15, 0.2) is 12.4 Å². The highest BCUT2D eigenvalue weighted by atomic mass is 32.2. The molecule has 4 aliphatic carbocycles. The highest BCUT2D eigenvalue weighted by Gasteiger charge is 2.54. The van der Waals surface area contributed by atoms with E-state index in [1.807, 2.05) is 24.3 Å². The van der Waals surface area contributed by atoms with Crippen LogP contribution in [0.1, 0.15) is 44.1 Å². The summed E-state index contributed by atoms with van der Waals surface area (Å²) in [4.78, 5) is 29.9. The van der Waals surface area contributed by atoms with Crippen molar-refractivity contribution in [3.63, 3.8) is 0 Å². The molecule has 4 nitrogen and oxygen atoms in total. The van der Waals surface area contributed by atoms with Gasteiger partial charge in [0.05, 0.1) is 16.3 Å². The molecule has 1 aromatic heterocycles. The summed E-state index contributed by atoms with van der Waals surface area (Å²) in [6.07, 6.45) is 6.97. The monoisotopic (exact) mass is 409 g/mol. The van der Waals surface area contributed by atoms with E-state index < -0.39 is 0 Å². The van der Waals surface area contributed by atoms with E-state index in [4.69, 9.17) is 4.74 Å². The maximum atomic E-state index is 13.0. The van der Waals surface area contributed by atoms with Gasteiger partial charge in [0.2, 0.25) is 0 Å². The van der Waals surface area contributed by atoms with Crippen molar-refractivity contribution < 1.29 is 14.3 Å². The second-order valence-electron chi connectivity index (χ2n) is 9.36.